The first-order chi connectivity index (χ1) is 6.75. The molecule has 2 heteroatoms. The maximum absolute atomic E-state index is 9.32. The van der Waals surface area contributed by atoms with Gasteiger partial charge in [0.25, 0.3) is 0 Å². The lowest BCUT2D eigenvalue weighted by Crippen LogP contribution is -2.25. The fraction of sp³-hybridized carbons (Fsp3) is 0.500. The summed E-state index contributed by atoms with van der Waals surface area (Å²) in [4.78, 5) is 0. The maximum atomic E-state index is 9.32. The molecule has 1 saturated carbocycles. The van der Waals surface area contributed by atoms with Gasteiger partial charge in [-0.2, -0.15) is 0 Å². The molecule has 0 radical (unpaired) electrons. The largest absolute Gasteiger partial charge is 0.508 e. The number of aromatic hydroxyl groups is 1. The Hall–Kier alpha value is -1.02. The van der Waals surface area contributed by atoms with Crippen LogP contribution in [0.1, 0.15) is 24.8 Å². The minimum atomic E-state index is 0.356. The fourth-order valence-electron chi connectivity index (χ4n) is 2.31. The van der Waals surface area contributed by atoms with Crippen molar-refractivity contribution in [3.8, 4) is 5.75 Å². The van der Waals surface area contributed by atoms with Crippen molar-refractivity contribution in [1.29, 1.82) is 0 Å². The second-order valence-electron chi connectivity index (χ2n) is 4.23. The van der Waals surface area contributed by atoms with Crippen molar-refractivity contribution in [2.75, 3.05) is 0 Å². The highest BCUT2D eigenvalue weighted by atomic mass is 16.3. The van der Waals surface area contributed by atoms with Crippen LogP contribution in [-0.2, 0) is 6.42 Å². The fourth-order valence-corrected chi connectivity index (χ4v) is 2.31. The SMILES string of the molecule is NC1CCCC1Cc1cccc(O)c1. The van der Waals surface area contributed by atoms with E-state index in [2.05, 4.69) is 6.07 Å². The Kier molecular flexibility index (Phi) is 2.73. The molecule has 0 heterocycles. The summed E-state index contributed by atoms with van der Waals surface area (Å²) in [6, 6.07) is 7.86. The summed E-state index contributed by atoms with van der Waals surface area (Å²) >= 11 is 0. The molecule has 1 aromatic carbocycles. The van der Waals surface area contributed by atoms with Crippen molar-refractivity contribution in [2.45, 2.75) is 31.7 Å². The zero-order valence-electron chi connectivity index (χ0n) is 8.32. The molecule has 2 rings (SSSR count). The molecule has 1 aliphatic rings. The Bertz CT molecular complexity index is 311. The highest BCUT2D eigenvalue weighted by Crippen LogP contribution is 2.27. The lowest BCUT2D eigenvalue weighted by Gasteiger charge is -2.14. The number of rotatable bonds is 2. The van der Waals surface area contributed by atoms with Crippen LogP contribution in [0.2, 0.25) is 0 Å². The third-order valence-corrected chi connectivity index (χ3v) is 3.13. The van der Waals surface area contributed by atoms with Crippen LogP contribution in [0.25, 0.3) is 0 Å². The van der Waals surface area contributed by atoms with Crippen LogP contribution in [0.5, 0.6) is 5.75 Å². The second-order valence-corrected chi connectivity index (χ2v) is 4.23. The van der Waals surface area contributed by atoms with E-state index in [0.29, 0.717) is 17.7 Å². The number of hydrogen-bond donors (Lipinski definition) is 2. The first-order valence-corrected chi connectivity index (χ1v) is 5.29. The van der Waals surface area contributed by atoms with E-state index in [1.54, 1.807) is 6.07 Å². The molecule has 0 saturated heterocycles. The number of hydrogen-bond acceptors (Lipinski definition) is 2. The van der Waals surface area contributed by atoms with Crippen LogP contribution in [0, 0.1) is 5.92 Å². The predicted octanol–water partition coefficient (Wildman–Crippen LogP) is 2.06. The molecule has 1 aliphatic carbocycles. The number of benzene rings is 1. The average Bonchev–Trinajstić information content (AvgIpc) is 2.52. The third-order valence-electron chi connectivity index (χ3n) is 3.13. The van der Waals surface area contributed by atoms with Gasteiger partial charge in [0.05, 0.1) is 0 Å². The molecule has 76 valence electrons. The van der Waals surface area contributed by atoms with E-state index in [-0.39, 0.29) is 0 Å². The van der Waals surface area contributed by atoms with Crippen molar-refractivity contribution in [1.82, 2.24) is 0 Å². The molecule has 2 atom stereocenters. The predicted molar refractivity (Wildman–Crippen MR) is 57.1 cm³/mol. The van der Waals surface area contributed by atoms with Gasteiger partial charge in [-0.15, -0.1) is 0 Å². The first-order valence-electron chi connectivity index (χ1n) is 5.29. The smallest absolute Gasteiger partial charge is 0.115 e. The Morgan fingerprint density at radius 3 is 2.86 bits per heavy atom. The van der Waals surface area contributed by atoms with E-state index in [9.17, 15) is 5.11 Å². The van der Waals surface area contributed by atoms with Crippen LogP contribution in [-0.4, -0.2) is 11.1 Å². The van der Waals surface area contributed by atoms with Crippen molar-refractivity contribution in [3.63, 3.8) is 0 Å². The maximum Gasteiger partial charge on any atom is 0.115 e. The van der Waals surface area contributed by atoms with Gasteiger partial charge in [0.1, 0.15) is 5.75 Å². The summed E-state index contributed by atoms with van der Waals surface area (Å²) in [5.41, 5.74) is 7.20. The Balaban J connectivity index is 2.03. The Morgan fingerprint density at radius 2 is 2.21 bits per heavy atom. The van der Waals surface area contributed by atoms with Gasteiger partial charge in [-0.25, -0.2) is 0 Å². The van der Waals surface area contributed by atoms with Gasteiger partial charge in [0.2, 0.25) is 0 Å². The van der Waals surface area contributed by atoms with Crippen LogP contribution >= 0.6 is 0 Å². The summed E-state index contributed by atoms with van der Waals surface area (Å²) in [5, 5.41) is 9.32. The molecule has 2 unspecified atom stereocenters. The molecule has 1 fully saturated rings. The van der Waals surface area contributed by atoms with Crippen molar-refractivity contribution in [3.05, 3.63) is 29.8 Å². The van der Waals surface area contributed by atoms with Gasteiger partial charge in [-0.3, -0.25) is 0 Å². The number of nitrogens with two attached hydrogens (primary N) is 1. The van der Waals surface area contributed by atoms with Gasteiger partial charge in [0.15, 0.2) is 0 Å². The molecular formula is C12H17NO. The van der Waals surface area contributed by atoms with Crippen molar-refractivity contribution >= 4 is 0 Å². The van der Waals surface area contributed by atoms with Crippen LogP contribution in [0.3, 0.4) is 0 Å². The zero-order valence-corrected chi connectivity index (χ0v) is 8.32. The highest BCUT2D eigenvalue weighted by molar-refractivity contribution is 5.27. The summed E-state index contributed by atoms with van der Waals surface area (Å²) < 4.78 is 0. The van der Waals surface area contributed by atoms with Crippen LogP contribution in [0.4, 0.5) is 0 Å². The normalized spacial score (nSPS) is 26.6. The van der Waals surface area contributed by atoms with E-state index in [1.165, 1.54) is 18.4 Å². The average molecular weight is 191 g/mol. The quantitative estimate of drug-likeness (QED) is 0.751. The molecule has 0 spiro atoms. The molecule has 0 aromatic heterocycles. The van der Waals surface area contributed by atoms with Gasteiger partial charge < -0.3 is 10.8 Å². The monoisotopic (exact) mass is 191 g/mol. The summed E-state index contributed by atoms with van der Waals surface area (Å²) in [6.45, 7) is 0. The Morgan fingerprint density at radius 1 is 1.36 bits per heavy atom. The molecule has 3 N–H and O–H groups in total. The van der Waals surface area contributed by atoms with Crippen molar-refractivity contribution < 1.29 is 5.11 Å². The molecule has 0 aliphatic heterocycles. The number of phenols is 1. The van der Waals surface area contributed by atoms with E-state index in [4.69, 9.17) is 5.73 Å². The van der Waals surface area contributed by atoms with E-state index in [0.717, 1.165) is 12.8 Å². The van der Waals surface area contributed by atoms with Gasteiger partial charge in [-0.1, -0.05) is 18.6 Å². The summed E-state index contributed by atoms with van der Waals surface area (Å²) in [6.07, 6.45) is 4.65. The lowest BCUT2D eigenvalue weighted by molar-refractivity contribution is 0.465. The van der Waals surface area contributed by atoms with Gasteiger partial charge in [-0.05, 0) is 42.9 Å². The van der Waals surface area contributed by atoms with Crippen molar-refractivity contribution in [2.24, 2.45) is 11.7 Å². The van der Waals surface area contributed by atoms with E-state index < -0.39 is 0 Å². The highest BCUT2D eigenvalue weighted by Gasteiger charge is 2.23. The second kappa shape index (κ2) is 4.01. The van der Waals surface area contributed by atoms with E-state index >= 15 is 0 Å². The molecule has 14 heavy (non-hydrogen) atoms. The molecule has 0 bridgehead atoms. The number of phenolic OH excluding ortho intramolecular Hbond substituents is 1. The molecular weight excluding hydrogens is 174 g/mol. The van der Waals surface area contributed by atoms with Gasteiger partial charge >= 0.3 is 0 Å². The molecule has 0 amide bonds. The van der Waals surface area contributed by atoms with E-state index in [1.807, 2.05) is 12.1 Å². The zero-order chi connectivity index (χ0) is 9.97. The molecule has 2 nitrogen and oxygen atoms in total. The molecule has 1 aromatic rings. The lowest BCUT2D eigenvalue weighted by atomic mass is 9.95. The van der Waals surface area contributed by atoms with Gasteiger partial charge in [0, 0.05) is 6.04 Å². The summed E-state index contributed by atoms with van der Waals surface area (Å²) in [7, 11) is 0. The van der Waals surface area contributed by atoms with Crippen LogP contribution < -0.4 is 5.73 Å². The summed E-state index contributed by atoms with van der Waals surface area (Å²) in [5.74, 6) is 0.964. The topological polar surface area (TPSA) is 46.2 Å². The Labute approximate surface area is 84.7 Å². The standard InChI is InChI=1S/C12H17NO/c13-12-6-2-4-10(12)7-9-3-1-5-11(14)8-9/h1,3,5,8,10,12,14H,2,4,6-7,13H2. The van der Waals surface area contributed by atoms with Crippen LogP contribution in [0.15, 0.2) is 24.3 Å². The first kappa shape index (κ1) is 9.53. The minimum absolute atomic E-state index is 0.356. The minimum Gasteiger partial charge on any atom is -0.508 e. The third kappa shape index (κ3) is 2.07.